The average molecular weight is 308 g/mol. The van der Waals surface area contributed by atoms with Crippen molar-refractivity contribution in [2.75, 3.05) is 6.61 Å². The molecule has 0 bridgehead atoms. The van der Waals surface area contributed by atoms with Gasteiger partial charge in [-0.15, -0.1) is 0 Å². The molecule has 0 saturated carbocycles. The molecule has 0 saturated heterocycles. The Labute approximate surface area is 127 Å². The maximum absolute atomic E-state index is 13.4. The predicted octanol–water partition coefficient (Wildman–Crippen LogP) is 3.45. The molecule has 0 fully saturated rings. The van der Waals surface area contributed by atoms with Gasteiger partial charge in [0.2, 0.25) is 0 Å². The zero-order chi connectivity index (χ0) is 14.8. The van der Waals surface area contributed by atoms with Crippen LogP contribution in [-0.4, -0.2) is 6.61 Å². The minimum atomic E-state index is -0.361. The van der Waals surface area contributed by atoms with Crippen molar-refractivity contribution < 1.29 is 13.9 Å². The van der Waals surface area contributed by atoms with Gasteiger partial charge in [0, 0.05) is 29.6 Å². The van der Waals surface area contributed by atoms with Gasteiger partial charge in [0.25, 0.3) is 0 Å². The van der Waals surface area contributed by atoms with Crippen molar-refractivity contribution in [3.63, 3.8) is 0 Å². The number of hydrogen-bond donors (Lipinski definition) is 1. The smallest absolute Gasteiger partial charge is 0.129 e. The molecule has 0 spiro atoms. The van der Waals surface area contributed by atoms with Gasteiger partial charge in [-0.1, -0.05) is 11.6 Å². The molecule has 2 aromatic rings. The zero-order valence-corrected chi connectivity index (χ0v) is 12.1. The third-order valence-corrected chi connectivity index (χ3v) is 3.60. The molecule has 1 aliphatic rings. The molecule has 5 heteroatoms. The number of hydrogen-bond acceptors (Lipinski definition) is 3. The second-order valence-corrected chi connectivity index (χ2v) is 5.38. The summed E-state index contributed by atoms with van der Waals surface area (Å²) in [5, 5.41) is 0.653. The molecule has 0 amide bonds. The molecule has 2 aromatic carbocycles. The minimum absolute atomic E-state index is 0.268. The Kier molecular flexibility index (Phi) is 3.99. The van der Waals surface area contributed by atoms with Gasteiger partial charge in [-0.2, -0.15) is 0 Å². The molecule has 110 valence electrons. The summed E-state index contributed by atoms with van der Waals surface area (Å²) in [6.45, 7) is 1.19. The van der Waals surface area contributed by atoms with Crippen molar-refractivity contribution in [2.24, 2.45) is 5.73 Å². The Hall–Kier alpha value is -1.78. The van der Waals surface area contributed by atoms with Gasteiger partial charge in [0.05, 0.1) is 6.61 Å². The molecule has 3 nitrogen and oxygen atoms in total. The van der Waals surface area contributed by atoms with Crippen LogP contribution in [0.4, 0.5) is 4.39 Å². The van der Waals surface area contributed by atoms with E-state index in [1.165, 1.54) is 12.1 Å². The number of nitrogens with two attached hydrogens (primary N) is 1. The molecule has 1 heterocycles. The third kappa shape index (κ3) is 3.12. The fourth-order valence-electron chi connectivity index (χ4n) is 2.44. The molecule has 0 atom stereocenters. The highest BCUT2D eigenvalue weighted by atomic mass is 35.5. The summed E-state index contributed by atoms with van der Waals surface area (Å²) in [6, 6.07) is 8.18. The van der Waals surface area contributed by atoms with Crippen molar-refractivity contribution >= 4 is 11.6 Å². The lowest BCUT2D eigenvalue weighted by Gasteiger charge is -2.11. The van der Waals surface area contributed by atoms with E-state index in [-0.39, 0.29) is 19.0 Å². The van der Waals surface area contributed by atoms with Gasteiger partial charge in [-0.3, -0.25) is 0 Å². The highest BCUT2D eigenvalue weighted by Crippen LogP contribution is 2.33. The molecule has 0 unspecified atom stereocenters. The van der Waals surface area contributed by atoms with Crippen LogP contribution in [0, 0.1) is 5.82 Å². The first-order valence-electron chi connectivity index (χ1n) is 6.72. The van der Waals surface area contributed by atoms with Gasteiger partial charge in [0.15, 0.2) is 0 Å². The fraction of sp³-hybridized carbons (Fsp3) is 0.250. The first-order chi connectivity index (χ1) is 10.2. The first-order valence-corrected chi connectivity index (χ1v) is 7.10. The monoisotopic (exact) mass is 307 g/mol. The lowest BCUT2D eigenvalue weighted by atomic mass is 10.1. The average Bonchev–Trinajstić information content (AvgIpc) is 2.92. The van der Waals surface area contributed by atoms with Crippen LogP contribution in [0.15, 0.2) is 30.3 Å². The van der Waals surface area contributed by atoms with E-state index in [1.54, 1.807) is 6.07 Å². The Balaban J connectivity index is 1.81. The van der Waals surface area contributed by atoms with E-state index in [0.29, 0.717) is 22.9 Å². The molecule has 21 heavy (non-hydrogen) atoms. The number of halogens is 2. The second kappa shape index (κ2) is 5.92. The van der Waals surface area contributed by atoms with E-state index in [2.05, 4.69) is 0 Å². The van der Waals surface area contributed by atoms with E-state index < -0.39 is 0 Å². The van der Waals surface area contributed by atoms with Crippen molar-refractivity contribution in [2.45, 2.75) is 19.6 Å². The van der Waals surface area contributed by atoms with Crippen LogP contribution in [0.5, 0.6) is 11.5 Å². The normalized spacial score (nSPS) is 12.9. The van der Waals surface area contributed by atoms with Crippen molar-refractivity contribution in [1.82, 2.24) is 0 Å². The summed E-state index contributed by atoms with van der Waals surface area (Å²) in [4.78, 5) is 0. The molecule has 3 rings (SSSR count). The number of fused-ring (bicyclic) bond motifs is 1. The van der Waals surface area contributed by atoms with Gasteiger partial charge >= 0.3 is 0 Å². The molecule has 0 radical (unpaired) electrons. The van der Waals surface area contributed by atoms with Gasteiger partial charge < -0.3 is 15.2 Å². The first kappa shape index (κ1) is 14.2. The third-order valence-electron chi connectivity index (χ3n) is 3.39. The Bertz CT molecular complexity index is 676. The molecular weight excluding hydrogens is 293 g/mol. The number of benzene rings is 2. The number of rotatable bonds is 4. The highest BCUT2D eigenvalue weighted by molar-refractivity contribution is 6.30. The lowest BCUT2D eigenvalue weighted by Crippen LogP contribution is -2.01. The van der Waals surface area contributed by atoms with Crippen LogP contribution in [0.25, 0.3) is 0 Å². The molecule has 0 aliphatic carbocycles. The summed E-state index contributed by atoms with van der Waals surface area (Å²) >= 11 is 6.10. The highest BCUT2D eigenvalue weighted by Gasteiger charge is 2.18. The summed E-state index contributed by atoms with van der Waals surface area (Å²) < 4.78 is 24.7. The predicted molar refractivity (Wildman–Crippen MR) is 79.3 cm³/mol. The SMILES string of the molecule is NCc1cc(F)cc(OCc2cc(Cl)cc3c2OCC3)c1. The number of ether oxygens (including phenoxy) is 2. The van der Waals surface area contributed by atoms with Crippen molar-refractivity contribution in [3.05, 3.63) is 57.9 Å². The molecular formula is C16H15ClFNO2. The van der Waals surface area contributed by atoms with E-state index in [4.69, 9.17) is 26.8 Å². The van der Waals surface area contributed by atoms with Crippen molar-refractivity contribution in [3.8, 4) is 11.5 Å². The molecule has 0 aromatic heterocycles. The van der Waals surface area contributed by atoms with Gasteiger partial charge in [0.1, 0.15) is 23.9 Å². The van der Waals surface area contributed by atoms with Crippen LogP contribution >= 0.6 is 11.6 Å². The zero-order valence-electron chi connectivity index (χ0n) is 11.4. The van der Waals surface area contributed by atoms with E-state index in [9.17, 15) is 4.39 Å². The van der Waals surface area contributed by atoms with Crippen molar-refractivity contribution in [1.29, 1.82) is 0 Å². The van der Waals surface area contributed by atoms with E-state index in [0.717, 1.165) is 23.3 Å². The molecule has 1 aliphatic heterocycles. The van der Waals surface area contributed by atoms with Crippen LogP contribution < -0.4 is 15.2 Å². The second-order valence-electron chi connectivity index (χ2n) is 4.94. The quantitative estimate of drug-likeness (QED) is 0.941. The Morgan fingerprint density at radius 1 is 1.24 bits per heavy atom. The Morgan fingerprint density at radius 2 is 2.10 bits per heavy atom. The topological polar surface area (TPSA) is 44.5 Å². The maximum Gasteiger partial charge on any atom is 0.129 e. The van der Waals surface area contributed by atoms with Gasteiger partial charge in [-0.05, 0) is 35.4 Å². The fourth-order valence-corrected chi connectivity index (χ4v) is 2.70. The summed E-state index contributed by atoms with van der Waals surface area (Å²) in [7, 11) is 0. The summed E-state index contributed by atoms with van der Waals surface area (Å²) in [6.07, 6.45) is 0.847. The van der Waals surface area contributed by atoms with Crippen LogP contribution in [0.1, 0.15) is 16.7 Å². The summed E-state index contributed by atoms with van der Waals surface area (Å²) in [5.74, 6) is 0.914. The maximum atomic E-state index is 13.4. The van der Waals surface area contributed by atoms with Crippen LogP contribution in [0.3, 0.4) is 0 Å². The minimum Gasteiger partial charge on any atom is -0.493 e. The van der Waals surface area contributed by atoms with E-state index >= 15 is 0 Å². The van der Waals surface area contributed by atoms with Crippen LogP contribution in [-0.2, 0) is 19.6 Å². The largest absolute Gasteiger partial charge is 0.493 e. The lowest BCUT2D eigenvalue weighted by molar-refractivity contribution is 0.290. The Morgan fingerprint density at radius 3 is 2.90 bits per heavy atom. The van der Waals surface area contributed by atoms with Gasteiger partial charge in [-0.25, -0.2) is 4.39 Å². The van der Waals surface area contributed by atoms with E-state index in [1.807, 2.05) is 12.1 Å². The summed E-state index contributed by atoms with van der Waals surface area (Å²) in [5.41, 5.74) is 8.18. The standard InChI is InChI=1S/C16H15ClFNO2/c17-13-5-11-1-2-20-16(11)12(6-13)9-21-15-4-10(8-19)3-14(18)7-15/h3-7H,1-2,8-9,19H2. The van der Waals surface area contributed by atoms with Crippen LogP contribution in [0.2, 0.25) is 5.02 Å². The molecule has 2 N–H and O–H groups in total.